The van der Waals surface area contributed by atoms with Crippen molar-refractivity contribution in [2.24, 2.45) is 0 Å². The first kappa shape index (κ1) is 16.9. The number of nitrogens with zero attached hydrogens (tertiary/aromatic N) is 3. The molecule has 0 atom stereocenters. The van der Waals surface area contributed by atoms with Gasteiger partial charge in [-0.05, 0) is 36.6 Å². The third kappa shape index (κ3) is 4.13. The van der Waals surface area contributed by atoms with Crippen LogP contribution in [-0.4, -0.2) is 26.9 Å². The number of para-hydroxylation sites is 1. The van der Waals surface area contributed by atoms with E-state index in [4.69, 9.17) is 0 Å². The second-order valence-corrected chi connectivity index (χ2v) is 6.05. The molecular weight excluding hydrogens is 336 g/mol. The number of aromatic nitrogens is 3. The molecule has 126 valence electrons. The molecule has 1 aromatic carbocycles. The van der Waals surface area contributed by atoms with Gasteiger partial charge in [-0.1, -0.05) is 12.1 Å². The summed E-state index contributed by atoms with van der Waals surface area (Å²) >= 11 is 1.54. The number of anilines is 1. The topological polar surface area (TPSA) is 76.9 Å². The Morgan fingerprint density at radius 3 is 2.76 bits per heavy atom. The molecule has 0 radical (unpaired) electrons. The maximum absolute atomic E-state index is 12.3. The van der Waals surface area contributed by atoms with Crippen LogP contribution in [0.3, 0.4) is 0 Å². The van der Waals surface area contributed by atoms with E-state index < -0.39 is 0 Å². The summed E-state index contributed by atoms with van der Waals surface area (Å²) in [5.41, 5.74) is 1.76. The molecule has 6 nitrogen and oxygen atoms in total. The molecule has 0 spiro atoms. The lowest BCUT2D eigenvalue weighted by molar-refractivity contribution is -0.117. The molecule has 3 aromatic rings. The zero-order valence-corrected chi connectivity index (χ0v) is 14.4. The highest BCUT2D eigenvalue weighted by Crippen LogP contribution is 2.24. The Kier molecular flexibility index (Phi) is 5.25. The smallest absolute Gasteiger partial charge is 0.267 e. The maximum atomic E-state index is 12.3. The van der Waals surface area contributed by atoms with Crippen LogP contribution in [0.25, 0.3) is 11.3 Å². The monoisotopic (exact) mass is 352 g/mol. The minimum atomic E-state index is -0.332. The van der Waals surface area contributed by atoms with E-state index in [9.17, 15) is 9.59 Å². The molecule has 0 aliphatic rings. The number of hydrogen-bond acceptors (Lipinski definition) is 5. The molecule has 2 heterocycles. The standard InChI is InChI=1S/C18H16N4O2S/c1-25-16-7-3-2-6-15(16)20-17(23)12-22-18(24)9-8-14(21-22)13-5-4-10-19-11-13/h2-11H,12H2,1H3,(H,20,23). The van der Waals surface area contributed by atoms with Crippen molar-refractivity contribution in [1.82, 2.24) is 14.8 Å². The first-order valence-corrected chi connectivity index (χ1v) is 8.81. The van der Waals surface area contributed by atoms with Gasteiger partial charge in [0.05, 0.1) is 11.4 Å². The highest BCUT2D eigenvalue weighted by atomic mass is 32.2. The van der Waals surface area contributed by atoms with Crippen LogP contribution in [0.15, 0.2) is 70.6 Å². The quantitative estimate of drug-likeness (QED) is 0.715. The number of nitrogens with one attached hydrogen (secondary N) is 1. The zero-order valence-electron chi connectivity index (χ0n) is 13.5. The van der Waals surface area contributed by atoms with Gasteiger partial charge in [0.25, 0.3) is 5.56 Å². The second kappa shape index (κ2) is 7.76. The lowest BCUT2D eigenvalue weighted by Crippen LogP contribution is -2.29. The highest BCUT2D eigenvalue weighted by Gasteiger charge is 2.10. The van der Waals surface area contributed by atoms with E-state index in [-0.39, 0.29) is 18.0 Å². The lowest BCUT2D eigenvalue weighted by Gasteiger charge is -2.10. The summed E-state index contributed by atoms with van der Waals surface area (Å²) in [6.45, 7) is -0.157. The molecule has 0 saturated heterocycles. The molecule has 0 saturated carbocycles. The van der Waals surface area contributed by atoms with Crippen LogP contribution in [0.2, 0.25) is 0 Å². The Labute approximate surface area is 148 Å². The van der Waals surface area contributed by atoms with E-state index >= 15 is 0 Å². The summed E-state index contributed by atoms with van der Waals surface area (Å²) < 4.78 is 1.15. The van der Waals surface area contributed by atoms with Gasteiger partial charge in [-0.2, -0.15) is 5.10 Å². The Bertz CT molecular complexity index is 941. The molecule has 0 aliphatic heterocycles. The Balaban J connectivity index is 1.80. The van der Waals surface area contributed by atoms with E-state index in [1.807, 2.05) is 36.6 Å². The number of benzene rings is 1. The van der Waals surface area contributed by atoms with Gasteiger partial charge in [0, 0.05) is 28.9 Å². The molecule has 1 amide bonds. The van der Waals surface area contributed by atoms with Crippen molar-refractivity contribution in [3.63, 3.8) is 0 Å². The molecule has 3 rings (SSSR count). The highest BCUT2D eigenvalue weighted by molar-refractivity contribution is 7.98. The van der Waals surface area contributed by atoms with Crippen LogP contribution < -0.4 is 10.9 Å². The van der Waals surface area contributed by atoms with Gasteiger partial charge >= 0.3 is 0 Å². The third-order valence-electron chi connectivity index (χ3n) is 3.50. The van der Waals surface area contributed by atoms with Crippen molar-refractivity contribution < 1.29 is 4.79 Å². The van der Waals surface area contributed by atoms with E-state index in [0.717, 1.165) is 20.8 Å². The van der Waals surface area contributed by atoms with Crippen molar-refractivity contribution in [3.8, 4) is 11.3 Å². The molecule has 0 aliphatic carbocycles. The van der Waals surface area contributed by atoms with Crippen molar-refractivity contribution in [2.75, 3.05) is 11.6 Å². The predicted molar refractivity (Wildman–Crippen MR) is 98.6 cm³/mol. The second-order valence-electron chi connectivity index (χ2n) is 5.20. The van der Waals surface area contributed by atoms with Crippen molar-refractivity contribution >= 4 is 23.4 Å². The molecule has 0 fully saturated rings. The molecule has 7 heteroatoms. The van der Waals surface area contributed by atoms with E-state index in [1.54, 1.807) is 36.3 Å². The van der Waals surface area contributed by atoms with Crippen LogP contribution >= 0.6 is 11.8 Å². The first-order valence-electron chi connectivity index (χ1n) is 7.59. The number of pyridine rings is 1. The van der Waals surface area contributed by atoms with E-state index in [0.29, 0.717) is 5.69 Å². The fourth-order valence-corrected chi connectivity index (χ4v) is 2.86. The van der Waals surface area contributed by atoms with Crippen LogP contribution in [0.5, 0.6) is 0 Å². The molecule has 0 bridgehead atoms. The molecule has 25 heavy (non-hydrogen) atoms. The summed E-state index contributed by atoms with van der Waals surface area (Å²) in [7, 11) is 0. The van der Waals surface area contributed by atoms with Crippen molar-refractivity contribution in [2.45, 2.75) is 11.4 Å². The number of thioether (sulfide) groups is 1. The number of carbonyl (C=O) groups excluding carboxylic acids is 1. The van der Waals surface area contributed by atoms with Gasteiger partial charge in [-0.25, -0.2) is 4.68 Å². The summed E-state index contributed by atoms with van der Waals surface area (Å²) in [5, 5.41) is 7.09. The number of hydrogen-bond donors (Lipinski definition) is 1. The van der Waals surface area contributed by atoms with Gasteiger partial charge in [-0.15, -0.1) is 11.8 Å². The Morgan fingerprint density at radius 1 is 1.16 bits per heavy atom. The Hall–Kier alpha value is -2.93. The van der Waals surface area contributed by atoms with Crippen molar-refractivity contribution in [1.29, 1.82) is 0 Å². The van der Waals surface area contributed by atoms with Crippen LogP contribution in [0.1, 0.15) is 0 Å². The number of amides is 1. The summed E-state index contributed by atoms with van der Waals surface area (Å²) in [6, 6.07) is 14.2. The van der Waals surface area contributed by atoms with E-state index in [1.165, 1.54) is 6.07 Å². The Morgan fingerprint density at radius 2 is 2.00 bits per heavy atom. The molecular formula is C18H16N4O2S. The molecule has 1 N–H and O–H groups in total. The minimum absolute atomic E-state index is 0.157. The van der Waals surface area contributed by atoms with Crippen molar-refractivity contribution in [3.05, 3.63) is 71.3 Å². The average molecular weight is 352 g/mol. The number of rotatable bonds is 5. The summed E-state index contributed by atoms with van der Waals surface area (Å²) in [4.78, 5) is 29.3. The predicted octanol–water partition coefficient (Wildman–Crippen LogP) is 2.67. The normalized spacial score (nSPS) is 10.4. The minimum Gasteiger partial charge on any atom is -0.323 e. The van der Waals surface area contributed by atoms with Crippen LogP contribution in [-0.2, 0) is 11.3 Å². The van der Waals surface area contributed by atoms with E-state index in [2.05, 4.69) is 15.4 Å². The average Bonchev–Trinajstić information content (AvgIpc) is 2.64. The van der Waals surface area contributed by atoms with Gasteiger partial charge in [0.15, 0.2) is 0 Å². The van der Waals surface area contributed by atoms with Crippen LogP contribution in [0, 0.1) is 0 Å². The fourth-order valence-electron chi connectivity index (χ4n) is 2.30. The summed E-state index contributed by atoms with van der Waals surface area (Å²) in [6.07, 6.45) is 5.26. The molecule has 2 aromatic heterocycles. The maximum Gasteiger partial charge on any atom is 0.267 e. The summed E-state index contributed by atoms with van der Waals surface area (Å²) in [5.74, 6) is -0.306. The van der Waals surface area contributed by atoms with Gasteiger partial charge in [0.1, 0.15) is 6.54 Å². The SMILES string of the molecule is CSc1ccccc1NC(=O)Cn1nc(-c2cccnc2)ccc1=O. The lowest BCUT2D eigenvalue weighted by atomic mass is 10.2. The zero-order chi connectivity index (χ0) is 17.6. The van der Waals surface area contributed by atoms with Gasteiger partial charge < -0.3 is 5.32 Å². The largest absolute Gasteiger partial charge is 0.323 e. The molecule has 0 unspecified atom stereocenters. The van der Waals surface area contributed by atoms with Gasteiger partial charge in [0.2, 0.25) is 5.91 Å². The first-order chi connectivity index (χ1) is 12.2. The fraction of sp³-hybridized carbons (Fsp3) is 0.111. The van der Waals surface area contributed by atoms with Gasteiger partial charge in [-0.3, -0.25) is 14.6 Å². The van der Waals surface area contributed by atoms with Crippen LogP contribution in [0.4, 0.5) is 5.69 Å². The third-order valence-corrected chi connectivity index (χ3v) is 4.29. The number of carbonyl (C=O) groups is 1.